The van der Waals surface area contributed by atoms with Gasteiger partial charge in [-0.3, -0.25) is 9.88 Å². The summed E-state index contributed by atoms with van der Waals surface area (Å²) < 4.78 is 39.8. The number of ether oxygens (including phenoxy) is 2. The Labute approximate surface area is 207 Å². The van der Waals surface area contributed by atoms with E-state index in [1.807, 2.05) is 43.5 Å². The van der Waals surface area contributed by atoms with E-state index in [1.54, 1.807) is 38.6 Å². The number of nitrogens with one attached hydrogen (secondary N) is 1. The first kappa shape index (κ1) is 25.0. The monoisotopic (exact) mass is 496 g/mol. The maximum absolute atomic E-state index is 13.1. The Morgan fingerprint density at radius 2 is 1.71 bits per heavy atom. The minimum absolute atomic E-state index is 0.141. The Hall–Kier alpha value is -3.14. The molecule has 1 saturated heterocycles. The van der Waals surface area contributed by atoms with Gasteiger partial charge in [-0.2, -0.15) is 0 Å². The zero-order chi connectivity index (χ0) is 24.8. The molecule has 0 amide bonds. The Bertz CT molecular complexity index is 1230. The number of aryl methyl sites for hydroxylation is 1. The molecule has 0 aliphatic carbocycles. The van der Waals surface area contributed by atoms with Crippen LogP contribution in [0.2, 0.25) is 0 Å². The van der Waals surface area contributed by atoms with Gasteiger partial charge in [0.2, 0.25) is 10.0 Å². The van der Waals surface area contributed by atoms with Crippen LogP contribution in [0.15, 0.2) is 71.9 Å². The van der Waals surface area contributed by atoms with Crippen LogP contribution in [0.25, 0.3) is 0 Å². The third-order valence-electron chi connectivity index (χ3n) is 6.39. The fraction of sp³-hybridized carbons (Fsp3) is 0.346. The van der Waals surface area contributed by atoms with E-state index in [2.05, 4.69) is 25.6 Å². The van der Waals surface area contributed by atoms with Crippen molar-refractivity contribution in [2.24, 2.45) is 0 Å². The molecule has 35 heavy (non-hydrogen) atoms. The number of anilines is 1. The molecule has 9 heteroatoms. The van der Waals surface area contributed by atoms with Crippen LogP contribution in [0, 0.1) is 6.92 Å². The molecule has 1 aliphatic heterocycles. The number of sulfonamides is 1. The second-order valence-electron chi connectivity index (χ2n) is 8.48. The second-order valence-corrected chi connectivity index (χ2v) is 10.2. The van der Waals surface area contributed by atoms with E-state index in [0.29, 0.717) is 5.75 Å². The Morgan fingerprint density at radius 1 is 0.971 bits per heavy atom. The maximum Gasteiger partial charge on any atom is 0.240 e. The maximum atomic E-state index is 13.1. The second kappa shape index (κ2) is 11.1. The highest BCUT2D eigenvalue weighted by Gasteiger charge is 2.28. The van der Waals surface area contributed by atoms with Gasteiger partial charge in [0.15, 0.2) is 0 Å². The van der Waals surface area contributed by atoms with Crippen LogP contribution >= 0.6 is 0 Å². The molecule has 0 unspecified atom stereocenters. The van der Waals surface area contributed by atoms with Crippen molar-refractivity contribution in [2.75, 3.05) is 51.8 Å². The fourth-order valence-corrected chi connectivity index (χ4v) is 5.61. The summed E-state index contributed by atoms with van der Waals surface area (Å²) in [6.45, 7) is 5.25. The third-order valence-corrected chi connectivity index (χ3v) is 7.81. The Balaban J connectivity index is 1.49. The fourth-order valence-electron chi connectivity index (χ4n) is 4.49. The van der Waals surface area contributed by atoms with Gasteiger partial charge in [-0.15, -0.1) is 0 Å². The molecule has 4 rings (SSSR count). The molecule has 1 aliphatic rings. The van der Waals surface area contributed by atoms with E-state index in [0.717, 1.165) is 48.7 Å². The van der Waals surface area contributed by atoms with Gasteiger partial charge in [0.05, 0.1) is 30.8 Å². The van der Waals surface area contributed by atoms with E-state index in [1.165, 1.54) is 0 Å². The van der Waals surface area contributed by atoms with Crippen LogP contribution in [-0.4, -0.2) is 65.2 Å². The highest BCUT2D eigenvalue weighted by molar-refractivity contribution is 7.89. The number of aromatic nitrogens is 1. The molecular formula is C26H32N4O4S. The first-order valence-corrected chi connectivity index (χ1v) is 13.1. The molecule has 1 atom stereocenters. The highest BCUT2D eigenvalue weighted by atomic mass is 32.2. The van der Waals surface area contributed by atoms with Crippen LogP contribution in [0.4, 0.5) is 5.69 Å². The first-order valence-electron chi connectivity index (χ1n) is 11.6. The number of pyridine rings is 1. The smallest absolute Gasteiger partial charge is 0.240 e. The molecule has 1 N–H and O–H groups in total. The van der Waals surface area contributed by atoms with E-state index < -0.39 is 10.0 Å². The summed E-state index contributed by atoms with van der Waals surface area (Å²) >= 11 is 0. The van der Waals surface area contributed by atoms with Crippen LogP contribution in [0.1, 0.15) is 17.2 Å². The van der Waals surface area contributed by atoms with Crippen molar-refractivity contribution in [3.05, 3.63) is 78.1 Å². The van der Waals surface area contributed by atoms with Gasteiger partial charge in [0.1, 0.15) is 11.5 Å². The Kier molecular flexibility index (Phi) is 7.90. The van der Waals surface area contributed by atoms with Gasteiger partial charge in [0.25, 0.3) is 0 Å². The van der Waals surface area contributed by atoms with Crippen molar-refractivity contribution in [1.29, 1.82) is 0 Å². The van der Waals surface area contributed by atoms with Gasteiger partial charge in [-0.05, 0) is 54.4 Å². The standard InChI is InChI=1S/C26H32N4O4S/c1-20-17-22(10-11-25(20)33-2)35(31,32)28-19-24(21-7-6-12-27-18-21)30-15-13-29(14-16-30)23-8-4-5-9-26(23)34-3/h4-12,17-18,24,28H,13-16,19H2,1-3H3/t24-/m1/s1. The third kappa shape index (κ3) is 5.75. The summed E-state index contributed by atoms with van der Waals surface area (Å²) in [5, 5.41) is 0. The van der Waals surface area contributed by atoms with Crippen molar-refractivity contribution < 1.29 is 17.9 Å². The minimum Gasteiger partial charge on any atom is -0.496 e. The number of rotatable bonds is 9. The largest absolute Gasteiger partial charge is 0.496 e. The number of hydrogen-bond donors (Lipinski definition) is 1. The van der Waals surface area contributed by atoms with Crippen molar-refractivity contribution in [1.82, 2.24) is 14.6 Å². The average molecular weight is 497 g/mol. The molecule has 2 aromatic carbocycles. The van der Waals surface area contributed by atoms with Gasteiger partial charge in [-0.1, -0.05) is 18.2 Å². The van der Waals surface area contributed by atoms with E-state index in [9.17, 15) is 8.42 Å². The normalized spacial score (nSPS) is 15.6. The van der Waals surface area contributed by atoms with Gasteiger partial charge >= 0.3 is 0 Å². The number of nitrogens with zero attached hydrogens (tertiary/aromatic N) is 3. The highest BCUT2D eigenvalue weighted by Crippen LogP contribution is 2.30. The summed E-state index contributed by atoms with van der Waals surface area (Å²) in [6.07, 6.45) is 3.54. The zero-order valence-electron chi connectivity index (χ0n) is 20.3. The van der Waals surface area contributed by atoms with Crippen molar-refractivity contribution in [3.8, 4) is 11.5 Å². The molecule has 0 radical (unpaired) electrons. The number of hydrogen-bond acceptors (Lipinski definition) is 7. The molecule has 8 nitrogen and oxygen atoms in total. The first-order chi connectivity index (χ1) is 16.9. The molecule has 0 spiro atoms. The average Bonchev–Trinajstić information content (AvgIpc) is 2.89. The number of methoxy groups -OCH3 is 2. The van der Waals surface area contributed by atoms with Gasteiger partial charge < -0.3 is 14.4 Å². The Morgan fingerprint density at radius 3 is 2.37 bits per heavy atom. The summed E-state index contributed by atoms with van der Waals surface area (Å²) in [4.78, 5) is 9.11. The molecule has 1 aromatic heterocycles. The van der Waals surface area contributed by atoms with Crippen LogP contribution in [0.3, 0.4) is 0 Å². The molecule has 0 saturated carbocycles. The van der Waals surface area contributed by atoms with E-state index in [-0.39, 0.29) is 17.5 Å². The summed E-state index contributed by atoms with van der Waals surface area (Å²) in [5.74, 6) is 1.51. The van der Waals surface area contributed by atoms with Crippen LogP contribution < -0.4 is 19.1 Å². The number of para-hydroxylation sites is 2. The van der Waals surface area contributed by atoms with Gasteiger partial charge in [-0.25, -0.2) is 13.1 Å². The molecular weight excluding hydrogens is 464 g/mol. The van der Waals surface area contributed by atoms with Crippen LogP contribution in [-0.2, 0) is 10.0 Å². The lowest BCUT2D eigenvalue weighted by Crippen LogP contribution is -2.50. The summed E-state index contributed by atoms with van der Waals surface area (Å²) in [7, 11) is -0.437. The lowest BCUT2D eigenvalue weighted by atomic mass is 10.1. The minimum atomic E-state index is -3.69. The quantitative estimate of drug-likeness (QED) is 0.487. The predicted octanol–water partition coefficient (Wildman–Crippen LogP) is 3.25. The predicted molar refractivity (Wildman–Crippen MR) is 137 cm³/mol. The number of benzene rings is 2. The van der Waals surface area contributed by atoms with Crippen molar-refractivity contribution in [2.45, 2.75) is 17.9 Å². The summed E-state index contributed by atoms with van der Waals surface area (Å²) in [5.41, 5.74) is 2.82. The molecule has 186 valence electrons. The van der Waals surface area contributed by atoms with E-state index >= 15 is 0 Å². The molecule has 0 bridgehead atoms. The molecule has 1 fully saturated rings. The zero-order valence-corrected chi connectivity index (χ0v) is 21.2. The lowest BCUT2D eigenvalue weighted by Gasteiger charge is -2.40. The van der Waals surface area contributed by atoms with Crippen LogP contribution in [0.5, 0.6) is 11.5 Å². The van der Waals surface area contributed by atoms with Crippen molar-refractivity contribution >= 4 is 15.7 Å². The van der Waals surface area contributed by atoms with E-state index in [4.69, 9.17) is 9.47 Å². The topological polar surface area (TPSA) is 84.0 Å². The van der Waals surface area contributed by atoms with Gasteiger partial charge in [0, 0.05) is 45.1 Å². The number of piperazine rings is 1. The van der Waals surface area contributed by atoms with Crippen molar-refractivity contribution in [3.63, 3.8) is 0 Å². The lowest BCUT2D eigenvalue weighted by molar-refractivity contribution is 0.186. The summed E-state index contributed by atoms with van der Waals surface area (Å²) in [6, 6.07) is 16.6. The SMILES string of the molecule is COc1ccc(S(=O)(=O)NC[C@H](c2cccnc2)N2CCN(c3ccccc3OC)CC2)cc1C. The molecule has 3 aromatic rings. The molecule has 2 heterocycles.